The summed E-state index contributed by atoms with van der Waals surface area (Å²) in [6.07, 6.45) is 0.464. The second-order valence-electron chi connectivity index (χ2n) is 4.10. The van der Waals surface area contributed by atoms with E-state index >= 15 is 0 Å². The van der Waals surface area contributed by atoms with Gasteiger partial charge in [-0.1, -0.05) is 19.3 Å². The maximum atomic E-state index is 12.7. The van der Waals surface area contributed by atoms with E-state index in [1.165, 1.54) is 0 Å². The average Bonchev–Trinajstić information content (AvgIpc) is 2.14. The molecule has 4 heteroatoms. The molecule has 0 aromatic heterocycles. The summed E-state index contributed by atoms with van der Waals surface area (Å²) in [7, 11) is 1.58. The lowest BCUT2D eigenvalue weighted by atomic mass is 9.79. The van der Waals surface area contributed by atoms with E-state index in [0.29, 0.717) is 0 Å². The van der Waals surface area contributed by atoms with Gasteiger partial charge in [0.15, 0.2) is 0 Å². The van der Waals surface area contributed by atoms with Crippen LogP contribution in [0.25, 0.3) is 0 Å². The maximum absolute atomic E-state index is 12.7. The number of halogens is 3. The Morgan fingerprint density at radius 2 is 1.79 bits per heavy atom. The first-order chi connectivity index (χ1) is 6.55. The highest BCUT2D eigenvalue weighted by atomic mass is 19.4. The molecule has 14 heavy (non-hydrogen) atoms. The highest BCUT2D eigenvalue weighted by Gasteiger charge is 2.43. The number of alkyl halides is 3. The molecule has 0 aromatic carbocycles. The molecule has 1 nitrogen and oxygen atoms in total. The Kier molecular flexibility index (Phi) is 4.23. The molecule has 84 valence electrons. The average molecular weight is 209 g/mol. The minimum Gasteiger partial charge on any atom is -0.319 e. The molecule has 1 aliphatic rings. The summed E-state index contributed by atoms with van der Waals surface area (Å²) in [5.41, 5.74) is 0. The lowest BCUT2D eigenvalue weighted by Gasteiger charge is -2.31. The van der Waals surface area contributed by atoms with Gasteiger partial charge in [-0.2, -0.15) is 13.2 Å². The topological polar surface area (TPSA) is 12.0 Å². The van der Waals surface area contributed by atoms with Gasteiger partial charge in [0, 0.05) is 6.54 Å². The van der Waals surface area contributed by atoms with Crippen LogP contribution in [0.3, 0.4) is 0 Å². The van der Waals surface area contributed by atoms with Gasteiger partial charge in [0.05, 0.1) is 5.92 Å². The summed E-state index contributed by atoms with van der Waals surface area (Å²) in [5.74, 6) is -1.30. The van der Waals surface area contributed by atoms with E-state index in [2.05, 4.69) is 5.32 Å². The first kappa shape index (κ1) is 11.8. The van der Waals surface area contributed by atoms with Gasteiger partial charge >= 0.3 is 6.18 Å². The van der Waals surface area contributed by atoms with E-state index in [1.54, 1.807) is 7.05 Å². The molecule has 1 aliphatic carbocycles. The third-order valence-corrected chi connectivity index (χ3v) is 3.06. The second kappa shape index (κ2) is 5.01. The molecule has 0 spiro atoms. The van der Waals surface area contributed by atoms with Crippen LogP contribution in [0.1, 0.15) is 32.1 Å². The van der Waals surface area contributed by atoms with Crippen LogP contribution in [0, 0.1) is 11.8 Å². The van der Waals surface area contributed by atoms with Crippen molar-refractivity contribution in [3.05, 3.63) is 0 Å². The smallest absolute Gasteiger partial charge is 0.319 e. The van der Waals surface area contributed by atoms with Gasteiger partial charge in [-0.3, -0.25) is 0 Å². The molecule has 0 aliphatic heterocycles. The predicted molar refractivity (Wildman–Crippen MR) is 50.0 cm³/mol. The van der Waals surface area contributed by atoms with Crippen molar-refractivity contribution < 1.29 is 13.2 Å². The monoisotopic (exact) mass is 209 g/mol. The molecule has 0 saturated heterocycles. The minimum absolute atomic E-state index is 0.0637. The van der Waals surface area contributed by atoms with Crippen molar-refractivity contribution in [1.29, 1.82) is 0 Å². The van der Waals surface area contributed by atoms with E-state index in [1.807, 2.05) is 0 Å². The zero-order valence-electron chi connectivity index (χ0n) is 8.53. The van der Waals surface area contributed by atoms with Crippen molar-refractivity contribution in [1.82, 2.24) is 5.32 Å². The summed E-state index contributed by atoms with van der Waals surface area (Å²) < 4.78 is 38.0. The normalized spacial score (nSPS) is 22.3. The van der Waals surface area contributed by atoms with Gasteiger partial charge in [0.25, 0.3) is 0 Å². The Labute approximate surface area is 83.1 Å². The molecule has 1 unspecified atom stereocenters. The van der Waals surface area contributed by atoms with E-state index in [-0.39, 0.29) is 12.5 Å². The second-order valence-corrected chi connectivity index (χ2v) is 4.10. The lowest BCUT2D eigenvalue weighted by molar-refractivity contribution is -0.189. The molecule has 1 atom stereocenters. The predicted octanol–water partition coefficient (Wildman–Crippen LogP) is 2.96. The first-order valence-electron chi connectivity index (χ1n) is 5.27. The van der Waals surface area contributed by atoms with E-state index in [9.17, 15) is 13.2 Å². The van der Waals surface area contributed by atoms with Gasteiger partial charge < -0.3 is 5.32 Å². The minimum atomic E-state index is -4.04. The van der Waals surface area contributed by atoms with Crippen molar-refractivity contribution in [3.63, 3.8) is 0 Å². The van der Waals surface area contributed by atoms with Crippen molar-refractivity contribution in [3.8, 4) is 0 Å². The van der Waals surface area contributed by atoms with Crippen LogP contribution in [0.4, 0.5) is 13.2 Å². The highest BCUT2D eigenvalue weighted by Crippen LogP contribution is 2.38. The zero-order valence-corrected chi connectivity index (χ0v) is 8.53. The lowest BCUT2D eigenvalue weighted by Crippen LogP contribution is -2.38. The highest BCUT2D eigenvalue weighted by molar-refractivity contribution is 4.80. The van der Waals surface area contributed by atoms with Crippen LogP contribution < -0.4 is 5.32 Å². The fourth-order valence-electron chi connectivity index (χ4n) is 2.31. The fraction of sp³-hybridized carbons (Fsp3) is 1.00. The van der Waals surface area contributed by atoms with Crippen LogP contribution in [-0.2, 0) is 0 Å². The summed E-state index contributed by atoms with van der Waals surface area (Å²) in [6, 6.07) is 0. The molecular formula is C10H18F3N. The Balaban J connectivity index is 2.56. The summed E-state index contributed by atoms with van der Waals surface area (Å²) in [4.78, 5) is 0. The molecule has 0 bridgehead atoms. The quantitative estimate of drug-likeness (QED) is 0.753. The fourth-order valence-corrected chi connectivity index (χ4v) is 2.31. The molecule has 0 aromatic rings. The van der Waals surface area contributed by atoms with Gasteiger partial charge in [-0.05, 0) is 25.8 Å². The number of hydrogen-bond acceptors (Lipinski definition) is 1. The zero-order chi connectivity index (χ0) is 10.6. The third kappa shape index (κ3) is 3.15. The molecule has 0 radical (unpaired) electrons. The largest absolute Gasteiger partial charge is 0.393 e. The molecular weight excluding hydrogens is 191 g/mol. The SMILES string of the molecule is CNCC(C1CCCCC1)C(F)(F)F. The van der Waals surface area contributed by atoms with Crippen molar-refractivity contribution in [2.75, 3.05) is 13.6 Å². The van der Waals surface area contributed by atoms with Crippen LogP contribution in [0.2, 0.25) is 0 Å². The van der Waals surface area contributed by atoms with Crippen LogP contribution in [0.15, 0.2) is 0 Å². The van der Waals surface area contributed by atoms with Crippen LogP contribution >= 0.6 is 0 Å². The van der Waals surface area contributed by atoms with Gasteiger partial charge in [0.1, 0.15) is 0 Å². The number of nitrogens with one attached hydrogen (secondary N) is 1. The van der Waals surface area contributed by atoms with Crippen molar-refractivity contribution in [2.45, 2.75) is 38.3 Å². The number of hydrogen-bond donors (Lipinski definition) is 1. The van der Waals surface area contributed by atoms with Crippen molar-refractivity contribution >= 4 is 0 Å². The molecule has 1 saturated carbocycles. The van der Waals surface area contributed by atoms with Gasteiger partial charge in [-0.15, -0.1) is 0 Å². The Morgan fingerprint density at radius 1 is 1.21 bits per heavy atom. The van der Waals surface area contributed by atoms with Crippen LogP contribution in [0.5, 0.6) is 0 Å². The Bertz CT molecular complexity index is 161. The van der Waals surface area contributed by atoms with E-state index < -0.39 is 12.1 Å². The maximum Gasteiger partial charge on any atom is 0.393 e. The van der Waals surface area contributed by atoms with Crippen molar-refractivity contribution in [2.24, 2.45) is 11.8 Å². The summed E-state index contributed by atoms with van der Waals surface area (Å²) >= 11 is 0. The standard InChI is InChI=1S/C10H18F3N/c1-14-7-9(10(11,12)13)8-5-3-2-4-6-8/h8-9,14H,2-7H2,1H3. The molecule has 1 fully saturated rings. The molecule has 0 heterocycles. The first-order valence-corrected chi connectivity index (χ1v) is 5.27. The van der Waals surface area contributed by atoms with Gasteiger partial charge in [-0.25, -0.2) is 0 Å². The number of rotatable bonds is 3. The summed E-state index contributed by atoms with van der Waals surface area (Å²) in [5, 5.41) is 2.65. The van der Waals surface area contributed by atoms with Crippen LogP contribution in [-0.4, -0.2) is 19.8 Å². The molecule has 0 amide bonds. The van der Waals surface area contributed by atoms with E-state index in [0.717, 1.165) is 32.1 Å². The van der Waals surface area contributed by atoms with Gasteiger partial charge in [0.2, 0.25) is 0 Å². The van der Waals surface area contributed by atoms with E-state index in [4.69, 9.17) is 0 Å². The summed E-state index contributed by atoms with van der Waals surface area (Å²) in [6.45, 7) is 0.0637. The molecule has 1 rings (SSSR count). The Hall–Kier alpha value is -0.250. The third-order valence-electron chi connectivity index (χ3n) is 3.06. The Morgan fingerprint density at radius 3 is 2.21 bits per heavy atom. The molecule has 1 N–H and O–H groups in total.